The standard InChI is InChI=1S/C8H15OP/c1-10(2,9)8-6-4-3-5-7-8/h6H,3-5,7H2,1-2H3. The Bertz CT molecular complexity index is 187. The van der Waals surface area contributed by atoms with Crippen LogP contribution in [0.2, 0.25) is 0 Å². The van der Waals surface area contributed by atoms with Gasteiger partial charge in [-0.15, -0.1) is 0 Å². The summed E-state index contributed by atoms with van der Waals surface area (Å²) in [4.78, 5) is 0. The summed E-state index contributed by atoms with van der Waals surface area (Å²) in [6, 6.07) is 0. The van der Waals surface area contributed by atoms with Crippen LogP contribution in [0.25, 0.3) is 0 Å². The maximum Gasteiger partial charge on any atom is 0.105 e. The van der Waals surface area contributed by atoms with Crippen molar-refractivity contribution in [1.29, 1.82) is 0 Å². The van der Waals surface area contributed by atoms with E-state index < -0.39 is 7.14 Å². The van der Waals surface area contributed by atoms with Gasteiger partial charge in [0.05, 0.1) is 0 Å². The Morgan fingerprint density at radius 1 is 1.40 bits per heavy atom. The van der Waals surface area contributed by atoms with Crippen molar-refractivity contribution in [1.82, 2.24) is 0 Å². The third kappa shape index (κ3) is 1.98. The molecule has 0 amide bonds. The summed E-state index contributed by atoms with van der Waals surface area (Å²) in [6.45, 7) is 3.73. The van der Waals surface area contributed by atoms with E-state index in [4.69, 9.17) is 0 Å². The fraction of sp³-hybridized carbons (Fsp3) is 0.750. The van der Waals surface area contributed by atoms with Crippen molar-refractivity contribution in [3.8, 4) is 0 Å². The molecule has 0 saturated heterocycles. The zero-order valence-corrected chi connectivity index (χ0v) is 7.66. The lowest BCUT2D eigenvalue weighted by Gasteiger charge is -2.15. The monoisotopic (exact) mass is 158 g/mol. The van der Waals surface area contributed by atoms with Crippen LogP contribution in [0.5, 0.6) is 0 Å². The van der Waals surface area contributed by atoms with Crippen molar-refractivity contribution in [3.63, 3.8) is 0 Å². The number of allylic oxidation sites excluding steroid dienone is 2. The van der Waals surface area contributed by atoms with Crippen molar-refractivity contribution >= 4 is 7.14 Å². The first-order valence-corrected chi connectivity index (χ1v) is 6.45. The van der Waals surface area contributed by atoms with Gasteiger partial charge in [0.25, 0.3) is 0 Å². The number of rotatable bonds is 1. The maximum absolute atomic E-state index is 11.5. The van der Waals surface area contributed by atoms with Gasteiger partial charge in [-0.25, -0.2) is 0 Å². The highest BCUT2D eigenvalue weighted by Crippen LogP contribution is 2.49. The Morgan fingerprint density at radius 2 is 2.10 bits per heavy atom. The Morgan fingerprint density at radius 3 is 2.40 bits per heavy atom. The lowest BCUT2D eigenvalue weighted by molar-refractivity contribution is 0.582. The largest absolute Gasteiger partial charge is 0.320 e. The van der Waals surface area contributed by atoms with Gasteiger partial charge in [0.15, 0.2) is 0 Å². The van der Waals surface area contributed by atoms with E-state index in [9.17, 15) is 4.57 Å². The lowest BCUT2D eigenvalue weighted by Crippen LogP contribution is -1.91. The summed E-state index contributed by atoms with van der Waals surface area (Å²) in [5.41, 5.74) is 0. The maximum atomic E-state index is 11.5. The molecule has 0 unspecified atom stereocenters. The molecule has 0 N–H and O–H groups in total. The van der Waals surface area contributed by atoms with Crippen LogP contribution >= 0.6 is 7.14 Å². The molecule has 0 aromatic heterocycles. The molecule has 10 heavy (non-hydrogen) atoms. The van der Waals surface area contributed by atoms with Gasteiger partial charge in [0, 0.05) is 0 Å². The average molecular weight is 158 g/mol. The van der Waals surface area contributed by atoms with E-state index in [2.05, 4.69) is 6.08 Å². The zero-order chi connectivity index (χ0) is 7.61. The SMILES string of the molecule is CP(C)(=O)C1=CCCCC1. The first kappa shape index (κ1) is 8.07. The van der Waals surface area contributed by atoms with Crippen molar-refractivity contribution in [3.05, 3.63) is 11.4 Å². The van der Waals surface area contributed by atoms with E-state index in [-0.39, 0.29) is 0 Å². The molecular weight excluding hydrogens is 143 g/mol. The molecule has 0 aromatic carbocycles. The molecule has 58 valence electrons. The van der Waals surface area contributed by atoms with Gasteiger partial charge in [-0.1, -0.05) is 6.08 Å². The predicted molar refractivity (Wildman–Crippen MR) is 46.0 cm³/mol. The second-order valence-electron chi connectivity index (χ2n) is 3.29. The van der Waals surface area contributed by atoms with Crippen molar-refractivity contribution in [2.75, 3.05) is 13.3 Å². The summed E-state index contributed by atoms with van der Waals surface area (Å²) in [5, 5.41) is 1.22. The first-order valence-electron chi connectivity index (χ1n) is 3.85. The Kier molecular flexibility index (Phi) is 2.36. The fourth-order valence-electron chi connectivity index (χ4n) is 1.31. The van der Waals surface area contributed by atoms with Crippen LogP contribution in [0, 0.1) is 0 Å². The second-order valence-corrected chi connectivity index (χ2v) is 6.57. The van der Waals surface area contributed by atoms with Gasteiger partial charge >= 0.3 is 0 Å². The topological polar surface area (TPSA) is 17.1 Å². The summed E-state index contributed by atoms with van der Waals surface area (Å²) < 4.78 is 11.5. The molecule has 1 nitrogen and oxygen atoms in total. The molecule has 1 aliphatic rings. The van der Waals surface area contributed by atoms with Crippen molar-refractivity contribution in [2.24, 2.45) is 0 Å². The smallest absolute Gasteiger partial charge is 0.105 e. The van der Waals surface area contributed by atoms with E-state index >= 15 is 0 Å². The molecule has 0 aromatic rings. The molecule has 2 heteroatoms. The molecule has 0 heterocycles. The summed E-state index contributed by atoms with van der Waals surface area (Å²) >= 11 is 0. The van der Waals surface area contributed by atoms with Crippen LogP contribution in [-0.2, 0) is 4.57 Å². The number of hydrogen-bond acceptors (Lipinski definition) is 1. The van der Waals surface area contributed by atoms with Gasteiger partial charge in [-0.3, -0.25) is 0 Å². The minimum Gasteiger partial charge on any atom is -0.320 e. The highest BCUT2D eigenvalue weighted by atomic mass is 31.2. The Balaban J connectivity index is 2.72. The Labute approximate surface area is 62.9 Å². The highest BCUT2D eigenvalue weighted by Gasteiger charge is 2.15. The fourth-order valence-corrected chi connectivity index (χ4v) is 2.58. The molecule has 0 aliphatic heterocycles. The Hall–Kier alpha value is -0.0300. The van der Waals surface area contributed by atoms with Crippen molar-refractivity contribution in [2.45, 2.75) is 25.7 Å². The quantitative estimate of drug-likeness (QED) is 0.536. The van der Waals surface area contributed by atoms with Crippen LogP contribution < -0.4 is 0 Å². The summed E-state index contributed by atoms with van der Waals surface area (Å²) in [5.74, 6) is 0. The van der Waals surface area contributed by atoms with Gasteiger partial charge in [-0.2, -0.15) is 0 Å². The first-order chi connectivity index (χ1) is 4.61. The van der Waals surface area contributed by atoms with E-state index in [1.54, 1.807) is 0 Å². The third-order valence-electron chi connectivity index (χ3n) is 1.96. The van der Waals surface area contributed by atoms with Crippen LogP contribution in [0.4, 0.5) is 0 Å². The minimum absolute atomic E-state index is 1.07. The summed E-state index contributed by atoms with van der Waals surface area (Å²) in [6.07, 6.45) is 6.90. The molecule has 0 fully saturated rings. The molecule has 0 atom stereocenters. The van der Waals surface area contributed by atoms with Gasteiger partial charge in [0.2, 0.25) is 0 Å². The molecular formula is C8H15OP. The van der Waals surface area contributed by atoms with E-state index in [1.165, 1.54) is 18.2 Å². The lowest BCUT2D eigenvalue weighted by atomic mass is 10.1. The van der Waals surface area contributed by atoms with Gasteiger partial charge < -0.3 is 4.57 Å². The zero-order valence-electron chi connectivity index (χ0n) is 6.76. The van der Waals surface area contributed by atoms with E-state index in [0.717, 1.165) is 12.8 Å². The predicted octanol–water partition coefficient (Wildman–Crippen LogP) is 3.07. The van der Waals surface area contributed by atoms with Crippen LogP contribution in [0.1, 0.15) is 25.7 Å². The summed E-state index contributed by atoms with van der Waals surface area (Å²) in [7, 11) is -1.88. The normalized spacial score (nSPS) is 20.4. The van der Waals surface area contributed by atoms with Gasteiger partial charge in [-0.05, 0) is 44.3 Å². The minimum atomic E-state index is -1.88. The van der Waals surface area contributed by atoms with Crippen LogP contribution in [0.3, 0.4) is 0 Å². The molecule has 1 rings (SSSR count). The second kappa shape index (κ2) is 2.92. The highest BCUT2D eigenvalue weighted by molar-refractivity contribution is 7.66. The van der Waals surface area contributed by atoms with Crippen LogP contribution in [-0.4, -0.2) is 13.3 Å². The third-order valence-corrected chi connectivity index (χ3v) is 3.75. The van der Waals surface area contributed by atoms with E-state index in [1.807, 2.05) is 13.3 Å². The van der Waals surface area contributed by atoms with Gasteiger partial charge in [0.1, 0.15) is 7.14 Å². The molecule has 0 radical (unpaired) electrons. The molecule has 0 spiro atoms. The molecule has 0 bridgehead atoms. The molecule has 0 saturated carbocycles. The molecule has 1 aliphatic carbocycles. The van der Waals surface area contributed by atoms with E-state index in [0.29, 0.717) is 0 Å². The average Bonchev–Trinajstić information content (AvgIpc) is 1.88. The van der Waals surface area contributed by atoms with Crippen molar-refractivity contribution < 1.29 is 4.57 Å². The van der Waals surface area contributed by atoms with Crippen LogP contribution in [0.15, 0.2) is 11.4 Å². The number of hydrogen-bond donors (Lipinski definition) is 0.